The molecule has 5 rings (SSSR count). The number of hydrogen-bond donors (Lipinski definition) is 3. The first kappa shape index (κ1) is 22.7. The van der Waals surface area contributed by atoms with Gasteiger partial charge >= 0.3 is 0 Å². The Morgan fingerprint density at radius 1 is 1.26 bits per heavy atom. The Hall–Kier alpha value is -3.07. The lowest BCUT2D eigenvalue weighted by Gasteiger charge is -2.31. The van der Waals surface area contributed by atoms with Gasteiger partial charge in [-0.1, -0.05) is 24.6 Å². The van der Waals surface area contributed by atoms with Crippen molar-refractivity contribution >= 4 is 39.4 Å². The molecule has 1 aliphatic rings. The highest BCUT2D eigenvalue weighted by Gasteiger charge is 2.47. The van der Waals surface area contributed by atoms with Gasteiger partial charge in [0.25, 0.3) is 0 Å². The number of fused-ring (bicyclic) bond motifs is 2. The van der Waals surface area contributed by atoms with E-state index in [1.54, 1.807) is 13.0 Å². The predicted molar refractivity (Wildman–Crippen MR) is 130 cm³/mol. The largest absolute Gasteiger partial charge is 0.387 e. The molecule has 3 aromatic heterocycles. The van der Waals surface area contributed by atoms with E-state index in [1.165, 1.54) is 18.5 Å². The van der Waals surface area contributed by atoms with E-state index in [0.29, 0.717) is 34.1 Å². The summed E-state index contributed by atoms with van der Waals surface area (Å²) < 4.78 is 16.6. The molecular weight excluding hydrogens is 457 g/mol. The minimum absolute atomic E-state index is 0.143. The summed E-state index contributed by atoms with van der Waals surface area (Å²) >= 11 is 5.99. The van der Waals surface area contributed by atoms with Crippen LogP contribution < -0.4 is 5.73 Å². The number of hydrogen-bond acceptors (Lipinski definition) is 6. The topological polar surface area (TPSA) is 110 Å². The van der Waals surface area contributed by atoms with Gasteiger partial charge in [0, 0.05) is 17.0 Å². The molecule has 1 unspecified atom stereocenters. The molecule has 7 nitrogen and oxygen atoms in total. The third-order valence-corrected chi connectivity index (χ3v) is 7.16. The smallest absolute Gasteiger partial charge is 0.144 e. The number of aryl methyl sites for hydroxylation is 1. The Bertz CT molecular complexity index is 1460. The van der Waals surface area contributed by atoms with Gasteiger partial charge in [-0.2, -0.15) is 0 Å². The summed E-state index contributed by atoms with van der Waals surface area (Å²) in [6.07, 6.45) is 4.59. The Morgan fingerprint density at radius 3 is 2.79 bits per heavy atom. The number of anilines is 1. The van der Waals surface area contributed by atoms with E-state index in [0.717, 1.165) is 11.1 Å². The molecular formula is C25H25ClFN5O2. The van der Waals surface area contributed by atoms with Gasteiger partial charge < -0.3 is 20.5 Å². The number of aliphatic hydroxyl groups is 2. The van der Waals surface area contributed by atoms with Gasteiger partial charge in [0.2, 0.25) is 0 Å². The van der Waals surface area contributed by atoms with Crippen LogP contribution in [0, 0.1) is 18.7 Å². The van der Waals surface area contributed by atoms with Crippen LogP contribution in [0.5, 0.6) is 0 Å². The highest BCUT2D eigenvalue weighted by molar-refractivity contribution is 6.33. The third kappa shape index (κ3) is 3.53. The molecule has 1 aromatic carbocycles. The molecule has 0 spiro atoms. The lowest BCUT2D eigenvalue weighted by molar-refractivity contribution is -0.0421. The monoisotopic (exact) mass is 481 g/mol. The quantitative estimate of drug-likeness (QED) is 0.378. The van der Waals surface area contributed by atoms with Crippen molar-refractivity contribution in [1.82, 2.24) is 19.5 Å². The maximum Gasteiger partial charge on any atom is 0.144 e. The zero-order valence-corrected chi connectivity index (χ0v) is 19.8. The fraction of sp³-hybridized carbons (Fsp3) is 0.320. The Kier molecular flexibility index (Phi) is 5.35. The zero-order chi connectivity index (χ0) is 24.4. The van der Waals surface area contributed by atoms with Crippen LogP contribution in [-0.4, -0.2) is 41.4 Å². The second-order valence-corrected chi connectivity index (χ2v) is 9.64. The lowest BCUT2D eigenvalue weighted by atomic mass is 9.84. The van der Waals surface area contributed by atoms with Gasteiger partial charge in [-0.15, -0.1) is 0 Å². The molecule has 0 fully saturated rings. The Labute approximate surface area is 200 Å². The zero-order valence-electron chi connectivity index (χ0n) is 19.0. The molecule has 4 aromatic rings. The van der Waals surface area contributed by atoms with Crippen LogP contribution in [0.1, 0.15) is 31.1 Å². The van der Waals surface area contributed by atoms with Crippen LogP contribution in [0.4, 0.5) is 10.2 Å². The summed E-state index contributed by atoms with van der Waals surface area (Å²) in [4.78, 5) is 12.8. The van der Waals surface area contributed by atoms with Gasteiger partial charge in [-0.25, -0.2) is 19.3 Å². The van der Waals surface area contributed by atoms with Crippen molar-refractivity contribution in [3.05, 3.63) is 70.5 Å². The van der Waals surface area contributed by atoms with Gasteiger partial charge in [-0.3, -0.25) is 0 Å². The molecule has 0 bridgehead atoms. The van der Waals surface area contributed by atoms with E-state index in [1.807, 2.05) is 36.8 Å². The highest BCUT2D eigenvalue weighted by Crippen LogP contribution is 2.43. The maximum absolute atomic E-state index is 14.8. The molecule has 34 heavy (non-hydrogen) atoms. The van der Waals surface area contributed by atoms with Crippen molar-refractivity contribution in [2.45, 2.75) is 44.9 Å². The minimum Gasteiger partial charge on any atom is -0.387 e. The van der Waals surface area contributed by atoms with Crippen molar-refractivity contribution in [3.8, 4) is 0 Å². The van der Waals surface area contributed by atoms with Crippen molar-refractivity contribution in [3.63, 3.8) is 0 Å². The number of aromatic nitrogens is 4. The maximum atomic E-state index is 14.8. The molecule has 4 atom stereocenters. The molecule has 0 amide bonds. The van der Waals surface area contributed by atoms with Crippen molar-refractivity contribution in [1.29, 1.82) is 0 Å². The van der Waals surface area contributed by atoms with Crippen molar-refractivity contribution in [2.24, 2.45) is 5.92 Å². The average molecular weight is 482 g/mol. The first-order chi connectivity index (χ1) is 16.1. The van der Waals surface area contributed by atoms with E-state index in [9.17, 15) is 14.6 Å². The summed E-state index contributed by atoms with van der Waals surface area (Å²) in [6, 6.07) is 6.10. The van der Waals surface area contributed by atoms with Gasteiger partial charge in [-0.05, 0) is 61.6 Å². The standard InChI is InChI=1S/C25H25ClFN5O2/c1-12(6-14-7-19(27)16-9-18(26)23(28)31-20(16)8-14)17-10-21(22(33)25(17,3)34)32-5-4-15-13(2)29-11-30-24(15)32/h4-5,7-12,21-22,33-34H,6H2,1-3H3,(H2,28,31)/t12?,21-,22+,25-/m1/s1. The number of halogens is 2. The number of rotatable bonds is 4. The third-order valence-electron chi connectivity index (χ3n) is 6.86. The lowest BCUT2D eigenvalue weighted by Crippen LogP contribution is -2.42. The molecule has 0 saturated carbocycles. The summed E-state index contributed by atoms with van der Waals surface area (Å²) in [5.41, 5.74) is 7.68. The average Bonchev–Trinajstić information content (AvgIpc) is 3.29. The van der Waals surface area contributed by atoms with Crippen LogP contribution in [0.25, 0.3) is 21.9 Å². The number of pyridine rings is 1. The van der Waals surface area contributed by atoms with E-state index in [4.69, 9.17) is 17.3 Å². The molecule has 0 aliphatic heterocycles. The fourth-order valence-electron chi connectivity index (χ4n) is 5.04. The molecule has 0 saturated heterocycles. The molecule has 4 N–H and O–H groups in total. The molecule has 176 valence electrons. The predicted octanol–water partition coefficient (Wildman–Crippen LogP) is 4.13. The second-order valence-electron chi connectivity index (χ2n) is 9.23. The molecule has 9 heteroatoms. The highest BCUT2D eigenvalue weighted by atomic mass is 35.5. The van der Waals surface area contributed by atoms with E-state index >= 15 is 0 Å². The van der Waals surface area contributed by atoms with Gasteiger partial charge in [0.15, 0.2) is 0 Å². The number of nitrogen functional groups attached to an aromatic ring is 1. The summed E-state index contributed by atoms with van der Waals surface area (Å²) in [6.45, 7) is 5.45. The first-order valence-corrected chi connectivity index (χ1v) is 11.4. The fourth-order valence-corrected chi connectivity index (χ4v) is 5.19. The van der Waals surface area contributed by atoms with Crippen LogP contribution in [0.2, 0.25) is 5.02 Å². The molecule has 3 heterocycles. The van der Waals surface area contributed by atoms with Crippen molar-refractivity contribution < 1.29 is 14.6 Å². The normalized spacial score (nSPS) is 23.6. The van der Waals surface area contributed by atoms with Crippen LogP contribution in [-0.2, 0) is 6.42 Å². The number of benzene rings is 1. The Balaban J connectivity index is 1.50. The van der Waals surface area contributed by atoms with E-state index in [-0.39, 0.29) is 16.8 Å². The SMILES string of the molecule is Cc1ncnc2c1ccn2[C@@H]1C=C(C(C)Cc2cc(F)c3cc(Cl)c(N)nc3c2)[C@@](C)(O)[C@H]1O. The summed E-state index contributed by atoms with van der Waals surface area (Å²) in [5.74, 6) is -0.480. The Morgan fingerprint density at radius 2 is 2.03 bits per heavy atom. The van der Waals surface area contributed by atoms with Gasteiger partial charge in [0.1, 0.15) is 35.3 Å². The number of nitrogens with two attached hydrogens (primary N) is 1. The second kappa shape index (κ2) is 8.01. The molecule has 0 radical (unpaired) electrons. The first-order valence-electron chi connectivity index (χ1n) is 11.0. The van der Waals surface area contributed by atoms with E-state index in [2.05, 4.69) is 15.0 Å². The number of nitrogens with zero attached hydrogens (tertiary/aromatic N) is 4. The van der Waals surface area contributed by atoms with Crippen LogP contribution in [0.15, 0.2) is 48.4 Å². The van der Waals surface area contributed by atoms with Gasteiger partial charge in [0.05, 0.1) is 22.3 Å². The van der Waals surface area contributed by atoms with E-state index < -0.39 is 23.6 Å². The number of aliphatic hydroxyl groups excluding tert-OH is 1. The summed E-state index contributed by atoms with van der Waals surface area (Å²) in [5, 5.41) is 23.8. The van der Waals surface area contributed by atoms with Crippen molar-refractivity contribution in [2.75, 3.05) is 5.73 Å². The minimum atomic E-state index is -1.46. The molecule has 1 aliphatic carbocycles. The van der Waals surface area contributed by atoms with Crippen LogP contribution in [0.3, 0.4) is 0 Å². The summed E-state index contributed by atoms with van der Waals surface area (Å²) in [7, 11) is 0. The van der Waals surface area contributed by atoms with Crippen LogP contribution >= 0.6 is 11.6 Å².